The van der Waals surface area contributed by atoms with Crippen molar-refractivity contribution < 1.29 is 4.79 Å². The van der Waals surface area contributed by atoms with Gasteiger partial charge in [-0.05, 0) is 36.5 Å². The van der Waals surface area contributed by atoms with Crippen LogP contribution in [0.2, 0.25) is 0 Å². The molecule has 3 N–H and O–H groups in total. The van der Waals surface area contributed by atoms with Gasteiger partial charge in [0, 0.05) is 18.9 Å². The van der Waals surface area contributed by atoms with Crippen molar-refractivity contribution in [2.24, 2.45) is 0 Å². The van der Waals surface area contributed by atoms with E-state index in [0.29, 0.717) is 12.2 Å². The molecule has 1 saturated carbocycles. The number of carbonyl (C=O) groups is 1. The van der Waals surface area contributed by atoms with Gasteiger partial charge in [0.2, 0.25) is 5.91 Å². The van der Waals surface area contributed by atoms with Crippen LogP contribution in [0, 0.1) is 0 Å². The van der Waals surface area contributed by atoms with Crippen LogP contribution in [0.4, 0.5) is 11.4 Å². The summed E-state index contributed by atoms with van der Waals surface area (Å²) in [4.78, 5) is 20.7. The highest BCUT2D eigenvalue weighted by molar-refractivity contribution is 5.96. The molecule has 1 aliphatic heterocycles. The van der Waals surface area contributed by atoms with Crippen molar-refractivity contribution in [1.82, 2.24) is 19.7 Å². The number of imidazole rings is 1. The monoisotopic (exact) mass is 348 g/mol. The molecule has 3 aromatic rings. The minimum atomic E-state index is -0.0647. The molecule has 0 aromatic carbocycles. The molecule has 2 fully saturated rings. The fourth-order valence-electron chi connectivity index (χ4n) is 3.08. The molecule has 0 bridgehead atoms. The number of carbonyl (C=O) groups excluding carboxylic acids is 1. The molecule has 26 heavy (non-hydrogen) atoms. The molecule has 1 amide bonds. The van der Waals surface area contributed by atoms with Crippen molar-refractivity contribution >= 4 is 22.9 Å². The fourth-order valence-corrected chi connectivity index (χ4v) is 3.08. The summed E-state index contributed by atoms with van der Waals surface area (Å²) >= 11 is 0. The molecule has 1 unspecified atom stereocenters. The molecule has 5 rings (SSSR count). The average Bonchev–Trinajstić information content (AvgIpc) is 3.55. The number of hydrogen-bond acceptors (Lipinski definition) is 5. The third kappa shape index (κ3) is 3.25. The van der Waals surface area contributed by atoms with Crippen LogP contribution in [0.1, 0.15) is 30.0 Å². The molecular weight excluding hydrogens is 328 g/mol. The van der Waals surface area contributed by atoms with E-state index in [9.17, 15) is 4.79 Å². The lowest BCUT2D eigenvalue weighted by Gasteiger charge is -2.07. The first-order valence-electron chi connectivity index (χ1n) is 8.95. The van der Waals surface area contributed by atoms with Crippen LogP contribution >= 0.6 is 0 Å². The van der Waals surface area contributed by atoms with Gasteiger partial charge >= 0.3 is 0 Å². The Hall–Kier alpha value is -2.93. The van der Waals surface area contributed by atoms with Gasteiger partial charge in [0.15, 0.2) is 0 Å². The predicted octanol–water partition coefficient (Wildman–Crippen LogP) is 2.13. The molecule has 3 aromatic heterocycles. The van der Waals surface area contributed by atoms with Crippen molar-refractivity contribution in [1.29, 1.82) is 0 Å². The number of nitrogens with zero attached hydrogens (tertiary/aromatic N) is 3. The molecule has 1 atom stereocenters. The van der Waals surface area contributed by atoms with Crippen molar-refractivity contribution in [2.75, 3.05) is 17.2 Å². The molecular formula is C19H20N6O. The summed E-state index contributed by atoms with van der Waals surface area (Å²) in [6.07, 6.45) is 10.2. The smallest absolute Gasteiger partial charge is 0.242 e. The average molecular weight is 348 g/mol. The second-order valence-corrected chi connectivity index (χ2v) is 7.00. The molecule has 2 aliphatic rings. The lowest BCUT2D eigenvalue weighted by atomic mass is 10.2. The molecule has 0 spiro atoms. The number of rotatable bonds is 6. The fraction of sp³-hybridized carbons (Fsp3) is 0.316. The highest BCUT2D eigenvalue weighted by Crippen LogP contribution is 2.39. The quantitative estimate of drug-likeness (QED) is 0.594. The lowest BCUT2D eigenvalue weighted by molar-refractivity contribution is -0.115. The normalized spacial score (nSPS) is 18.7. The number of hydrogen-bond donors (Lipinski definition) is 3. The predicted molar refractivity (Wildman–Crippen MR) is 99.2 cm³/mol. The first-order chi connectivity index (χ1) is 12.7. The third-order valence-corrected chi connectivity index (χ3v) is 4.78. The molecule has 1 saturated heterocycles. The summed E-state index contributed by atoms with van der Waals surface area (Å²) in [6, 6.07) is 6.09. The molecule has 7 heteroatoms. The van der Waals surface area contributed by atoms with Crippen LogP contribution in [0.25, 0.3) is 5.65 Å². The summed E-state index contributed by atoms with van der Waals surface area (Å²) in [7, 11) is 0. The molecule has 0 radical (unpaired) electrons. The zero-order valence-corrected chi connectivity index (χ0v) is 14.3. The van der Waals surface area contributed by atoms with E-state index in [1.165, 1.54) is 18.4 Å². The highest BCUT2D eigenvalue weighted by atomic mass is 16.2. The van der Waals surface area contributed by atoms with E-state index in [1.807, 2.05) is 6.07 Å². The number of nitrogens with one attached hydrogen (secondary N) is 3. The number of aromatic nitrogens is 3. The lowest BCUT2D eigenvalue weighted by Crippen LogP contribution is -2.20. The zero-order valence-electron chi connectivity index (χ0n) is 14.3. The largest absolute Gasteiger partial charge is 0.378 e. The summed E-state index contributed by atoms with van der Waals surface area (Å²) < 4.78 is 2.10. The summed E-state index contributed by atoms with van der Waals surface area (Å²) in [5.74, 6) is 0.717. The number of fused-ring (bicyclic) bond motifs is 1. The van der Waals surface area contributed by atoms with Crippen LogP contribution in [-0.2, 0) is 11.3 Å². The first-order valence-corrected chi connectivity index (χ1v) is 8.95. The molecule has 7 nitrogen and oxygen atoms in total. The van der Waals surface area contributed by atoms with E-state index < -0.39 is 0 Å². The maximum Gasteiger partial charge on any atom is 0.242 e. The summed E-state index contributed by atoms with van der Waals surface area (Å²) in [5, 5.41) is 9.17. The topological polar surface area (TPSA) is 93.3 Å². The Kier molecular flexibility index (Phi) is 3.60. The first kappa shape index (κ1) is 15.3. The second-order valence-electron chi connectivity index (χ2n) is 7.00. The maximum absolute atomic E-state index is 11.8. The standard InChI is InChI=1S/C19H20N6O/c26-19(17-9-22-17)24-15-5-14(6-20-7-15)21-8-16-11-25-10-13(12-1-2-12)3-4-18(25)23-16/h3-7,10-12,17,21-22H,1-2,8-9H2,(H,24,26). The van der Waals surface area contributed by atoms with Crippen molar-refractivity contribution in [3.05, 3.63) is 54.2 Å². The molecule has 1 aliphatic carbocycles. The second kappa shape index (κ2) is 6.10. The minimum Gasteiger partial charge on any atom is -0.378 e. The third-order valence-electron chi connectivity index (χ3n) is 4.78. The van der Waals surface area contributed by atoms with E-state index in [0.717, 1.165) is 29.5 Å². The highest BCUT2D eigenvalue weighted by Gasteiger charge is 2.28. The van der Waals surface area contributed by atoms with Crippen LogP contribution in [-0.4, -0.2) is 32.9 Å². The van der Waals surface area contributed by atoms with Crippen LogP contribution < -0.4 is 16.0 Å². The number of amides is 1. The Balaban J connectivity index is 1.26. The Morgan fingerprint density at radius 3 is 2.88 bits per heavy atom. The Morgan fingerprint density at radius 1 is 1.23 bits per heavy atom. The van der Waals surface area contributed by atoms with Gasteiger partial charge in [-0.15, -0.1) is 0 Å². The Labute approximate surface area is 150 Å². The number of anilines is 2. The van der Waals surface area contributed by atoms with Crippen LogP contribution in [0.3, 0.4) is 0 Å². The van der Waals surface area contributed by atoms with Gasteiger partial charge in [-0.3, -0.25) is 9.78 Å². The van der Waals surface area contributed by atoms with Gasteiger partial charge < -0.3 is 20.4 Å². The van der Waals surface area contributed by atoms with E-state index in [1.54, 1.807) is 12.4 Å². The van der Waals surface area contributed by atoms with Gasteiger partial charge in [0.25, 0.3) is 0 Å². The van der Waals surface area contributed by atoms with Crippen LogP contribution in [0.15, 0.2) is 43.0 Å². The van der Waals surface area contributed by atoms with Gasteiger partial charge in [0.05, 0.1) is 42.0 Å². The maximum atomic E-state index is 11.8. The van der Waals surface area contributed by atoms with Gasteiger partial charge in [-0.1, -0.05) is 6.07 Å². The summed E-state index contributed by atoms with van der Waals surface area (Å²) in [5.41, 5.74) is 4.86. The van der Waals surface area contributed by atoms with Crippen molar-refractivity contribution in [3.8, 4) is 0 Å². The van der Waals surface area contributed by atoms with Gasteiger partial charge in [0.1, 0.15) is 5.65 Å². The van der Waals surface area contributed by atoms with E-state index >= 15 is 0 Å². The van der Waals surface area contributed by atoms with E-state index in [-0.39, 0.29) is 11.9 Å². The van der Waals surface area contributed by atoms with Crippen molar-refractivity contribution in [2.45, 2.75) is 31.3 Å². The SMILES string of the molecule is O=C(Nc1cncc(NCc2cn3cc(C4CC4)ccc3n2)c1)C1CN1. The van der Waals surface area contributed by atoms with Crippen LogP contribution in [0.5, 0.6) is 0 Å². The number of pyridine rings is 2. The molecule has 4 heterocycles. The Bertz CT molecular complexity index is 973. The minimum absolute atomic E-state index is 0.0178. The molecule has 132 valence electrons. The zero-order chi connectivity index (χ0) is 17.5. The van der Waals surface area contributed by atoms with E-state index in [2.05, 4.69) is 54.8 Å². The van der Waals surface area contributed by atoms with Gasteiger partial charge in [-0.2, -0.15) is 0 Å². The van der Waals surface area contributed by atoms with Crippen molar-refractivity contribution in [3.63, 3.8) is 0 Å². The van der Waals surface area contributed by atoms with E-state index in [4.69, 9.17) is 0 Å². The summed E-state index contributed by atoms with van der Waals surface area (Å²) in [6.45, 7) is 1.34. The Morgan fingerprint density at radius 2 is 2.08 bits per heavy atom. The van der Waals surface area contributed by atoms with Gasteiger partial charge in [-0.25, -0.2) is 4.98 Å².